The van der Waals surface area contributed by atoms with E-state index in [-0.39, 0.29) is 37.4 Å². The molecule has 2 aromatic carbocycles. The maximum atomic E-state index is 12.2. The number of rotatable bonds is 6. The van der Waals surface area contributed by atoms with Gasteiger partial charge in [-0.15, -0.1) is 0 Å². The third-order valence-electron chi connectivity index (χ3n) is 4.19. The summed E-state index contributed by atoms with van der Waals surface area (Å²) in [5.41, 5.74) is 3.05. The summed E-state index contributed by atoms with van der Waals surface area (Å²) >= 11 is 0. The van der Waals surface area contributed by atoms with E-state index in [0.717, 1.165) is 10.5 Å². The fourth-order valence-corrected chi connectivity index (χ4v) is 2.77. The largest absolute Gasteiger partial charge is 0.464 e. The quantitative estimate of drug-likeness (QED) is 0.601. The number of esters is 1. The molecule has 1 aliphatic rings. The first-order valence-electron chi connectivity index (χ1n) is 8.22. The second-order valence-electron chi connectivity index (χ2n) is 6.01. The van der Waals surface area contributed by atoms with Crippen molar-refractivity contribution in [1.29, 1.82) is 0 Å². The van der Waals surface area contributed by atoms with Gasteiger partial charge in [0, 0.05) is 6.42 Å². The number of hydrogen-bond donors (Lipinski definition) is 0. The van der Waals surface area contributed by atoms with Crippen molar-refractivity contribution in [2.75, 3.05) is 13.2 Å². The number of ether oxygens (including phenoxy) is 1. The zero-order chi connectivity index (χ0) is 17.8. The van der Waals surface area contributed by atoms with Crippen molar-refractivity contribution >= 4 is 17.8 Å². The topological polar surface area (TPSA) is 63.7 Å². The van der Waals surface area contributed by atoms with Gasteiger partial charge in [0.15, 0.2) is 0 Å². The van der Waals surface area contributed by atoms with Gasteiger partial charge in [0.1, 0.15) is 6.61 Å². The fraction of sp³-hybridized carbons (Fsp3) is 0.250. The predicted molar refractivity (Wildman–Crippen MR) is 92.3 cm³/mol. The van der Waals surface area contributed by atoms with E-state index in [1.807, 2.05) is 31.2 Å². The van der Waals surface area contributed by atoms with Gasteiger partial charge in [-0.05, 0) is 31.0 Å². The minimum absolute atomic E-state index is 0.0121. The van der Waals surface area contributed by atoms with Gasteiger partial charge in [-0.1, -0.05) is 42.0 Å². The highest BCUT2D eigenvalue weighted by Gasteiger charge is 2.34. The van der Waals surface area contributed by atoms with Crippen LogP contribution in [-0.2, 0) is 16.0 Å². The Morgan fingerprint density at radius 2 is 1.56 bits per heavy atom. The zero-order valence-electron chi connectivity index (χ0n) is 14.0. The van der Waals surface area contributed by atoms with Gasteiger partial charge < -0.3 is 4.74 Å². The van der Waals surface area contributed by atoms with Crippen LogP contribution in [0.25, 0.3) is 0 Å². The molecule has 1 heterocycles. The second-order valence-corrected chi connectivity index (χ2v) is 6.01. The molecule has 0 bridgehead atoms. The van der Waals surface area contributed by atoms with E-state index in [9.17, 15) is 14.4 Å². The van der Waals surface area contributed by atoms with Crippen molar-refractivity contribution in [3.8, 4) is 0 Å². The molecule has 2 amide bonds. The smallest absolute Gasteiger partial charge is 0.306 e. The third kappa shape index (κ3) is 3.76. The van der Waals surface area contributed by atoms with Crippen molar-refractivity contribution in [3.05, 3.63) is 70.8 Å². The minimum Gasteiger partial charge on any atom is -0.464 e. The summed E-state index contributed by atoms with van der Waals surface area (Å²) in [4.78, 5) is 37.3. The molecular weight excluding hydrogens is 318 g/mol. The molecule has 5 heteroatoms. The van der Waals surface area contributed by atoms with Crippen LogP contribution in [0, 0.1) is 6.92 Å². The van der Waals surface area contributed by atoms with Crippen LogP contribution in [0.3, 0.4) is 0 Å². The van der Waals surface area contributed by atoms with E-state index in [1.54, 1.807) is 24.3 Å². The number of carbonyl (C=O) groups is 3. The molecule has 0 N–H and O–H groups in total. The molecule has 0 unspecified atom stereocenters. The Hall–Kier alpha value is -2.95. The van der Waals surface area contributed by atoms with E-state index in [0.29, 0.717) is 17.5 Å². The molecule has 0 aliphatic carbocycles. The molecule has 3 rings (SSSR count). The van der Waals surface area contributed by atoms with Crippen LogP contribution in [0.4, 0.5) is 0 Å². The lowest BCUT2D eigenvalue weighted by Crippen LogP contribution is -2.33. The molecule has 2 aromatic rings. The molecule has 0 aromatic heterocycles. The summed E-state index contributed by atoms with van der Waals surface area (Å²) < 4.78 is 5.16. The number of aryl methyl sites for hydroxylation is 2. The van der Waals surface area contributed by atoms with Gasteiger partial charge in [0.05, 0.1) is 17.7 Å². The van der Waals surface area contributed by atoms with Crippen LogP contribution in [0.15, 0.2) is 48.5 Å². The van der Waals surface area contributed by atoms with E-state index in [4.69, 9.17) is 4.74 Å². The SMILES string of the molecule is Cc1ccc(CCC(=O)OCCN2C(=O)c3ccccc3C2=O)cc1. The van der Waals surface area contributed by atoms with E-state index in [1.165, 1.54) is 5.56 Å². The molecular formula is C20H19NO4. The lowest BCUT2D eigenvalue weighted by atomic mass is 10.1. The minimum atomic E-state index is -0.337. The Balaban J connectivity index is 1.45. The summed E-state index contributed by atoms with van der Waals surface area (Å²) in [7, 11) is 0. The van der Waals surface area contributed by atoms with Crippen molar-refractivity contribution in [1.82, 2.24) is 4.90 Å². The highest BCUT2D eigenvalue weighted by molar-refractivity contribution is 6.21. The van der Waals surface area contributed by atoms with Crippen LogP contribution in [0.2, 0.25) is 0 Å². The lowest BCUT2D eigenvalue weighted by molar-refractivity contribution is -0.143. The lowest BCUT2D eigenvalue weighted by Gasteiger charge is -2.13. The second kappa shape index (κ2) is 7.30. The average Bonchev–Trinajstić information content (AvgIpc) is 2.86. The van der Waals surface area contributed by atoms with Crippen LogP contribution in [-0.4, -0.2) is 35.8 Å². The number of amides is 2. The van der Waals surface area contributed by atoms with Gasteiger partial charge in [0.2, 0.25) is 0 Å². The number of imide groups is 1. The predicted octanol–water partition coefficient (Wildman–Crippen LogP) is 2.77. The van der Waals surface area contributed by atoms with Gasteiger partial charge in [-0.3, -0.25) is 19.3 Å². The molecule has 0 saturated carbocycles. The number of fused-ring (bicyclic) bond motifs is 1. The molecule has 0 saturated heterocycles. The molecule has 25 heavy (non-hydrogen) atoms. The van der Waals surface area contributed by atoms with Crippen molar-refractivity contribution < 1.29 is 19.1 Å². The van der Waals surface area contributed by atoms with E-state index in [2.05, 4.69) is 0 Å². The molecule has 5 nitrogen and oxygen atoms in total. The summed E-state index contributed by atoms with van der Waals surface area (Å²) in [6.07, 6.45) is 0.872. The first-order chi connectivity index (χ1) is 12.1. The summed E-state index contributed by atoms with van der Waals surface area (Å²) in [6.45, 7) is 2.10. The van der Waals surface area contributed by atoms with E-state index < -0.39 is 0 Å². The Bertz CT molecular complexity index is 776. The molecule has 0 fully saturated rings. The third-order valence-corrected chi connectivity index (χ3v) is 4.19. The van der Waals surface area contributed by atoms with Crippen LogP contribution in [0.5, 0.6) is 0 Å². The normalized spacial score (nSPS) is 13.1. The maximum Gasteiger partial charge on any atom is 0.306 e. The Labute approximate surface area is 146 Å². The summed E-state index contributed by atoms with van der Waals surface area (Å²) in [6, 6.07) is 14.7. The molecule has 0 radical (unpaired) electrons. The van der Waals surface area contributed by atoms with Gasteiger partial charge >= 0.3 is 5.97 Å². The Kier molecular flexibility index (Phi) is 4.93. The Morgan fingerprint density at radius 1 is 0.960 bits per heavy atom. The summed E-state index contributed by atoms with van der Waals surface area (Å²) in [5, 5.41) is 0. The van der Waals surface area contributed by atoms with Crippen LogP contribution in [0.1, 0.15) is 38.3 Å². The van der Waals surface area contributed by atoms with Gasteiger partial charge in [-0.2, -0.15) is 0 Å². The molecule has 128 valence electrons. The number of nitrogens with zero attached hydrogens (tertiary/aromatic N) is 1. The van der Waals surface area contributed by atoms with Crippen LogP contribution >= 0.6 is 0 Å². The first-order valence-corrected chi connectivity index (χ1v) is 8.22. The molecule has 0 spiro atoms. The monoisotopic (exact) mass is 337 g/mol. The van der Waals surface area contributed by atoms with Gasteiger partial charge in [0.25, 0.3) is 11.8 Å². The number of carbonyl (C=O) groups excluding carboxylic acids is 3. The Morgan fingerprint density at radius 3 is 2.16 bits per heavy atom. The van der Waals surface area contributed by atoms with Gasteiger partial charge in [-0.25, -0.2) is 0 Å². The first kappa shape index (κ1) is 16.9. The van der Waals surface area contributed by atoms with Crippen molar-refractivity contribution in [3.63, 3.8) is 0 Å². The standard InChI is InChI=1S/C20H19NO4/c1-14-6-8-15(9-7-14)10-11-18(22)25-13-12-21-19(23)16-4-2-3-5-17(16)20(21)24/h2-9H,10-13H2,1H3. The van der Waals surface area contributed by atoms with Crippen molar-refractivity contribution in [2.45, 2.75) is 19.8 Å². The zero-order valence-corrected chi connectivity index (χ0v) is 14.0. The molecule has 0 atom stereocenters. The molecule has 1 aliphatic heterocycles. The van der Waals surface area contributed by atoms with E-state index >= 15 is 0 Å². The summed E-state index contributed by atoms with van der Waals surface area (Å²) in [5.74, 6) is -1.01. The fourth-order valence-electron chi connectivity index (χ4n) is 2.77. The van der Waals surface area contributed by atoms with Crippen LogP contribution < -0.4 is 0 Å². The average molecular weight is 337 g/mol. The number of hydrogen-bond acceptors (Lipinski definition) is 4. The highest BCUT2D eigenvalue weighted by Crippen LogP contribution is 2.21. The van der Waals surface area contributed by atoms with Crippen molar-refractivity contribution in [2.24, 2.45) is 0 Å². The highest BCUT2D eigenvalue weighted by atomic mass is 16.5. The maximum absolute atomic E-state index is 12.2. The number of benzene rings is 2.